The van der Waals surface area contributed by atoms with Gasteiger partial charge in [-0.05, 0) is 50.1 Å². The molecule has 1 aromatic carbocycles. The van der Waals surface area contributed by atoms with E-state index in [0.29, 0.717) is 5.02 Å². The maximum Gasteiger partial charge on any atom is 0.0929 e. The SMILES string of the molecule is OCC(Nc1ccccc1Cl)c1ncc(Br)cc1Br. The number of nitrogens with one attached hydrogen (secondary N) is 1. The summed E-state index contributed by atoms with van der Waals surface area (Å²) in [7, 11) is 0. The first-order valence-corrected chi connectivity index (χ1v) is 7.51. The van der Waals surface area contributed by atoms with Gasteiger partial charge in [-0.1, -0.05) is 23.7 Å². The van der Waals surface area contributed by atoms with Crippen LogP contribution in [-0.2, 0) is 0 Å². The normalized spacial score (nSPS) is 12.2. The first kappa shape index (κ1) is 14.8. The van der Waals surface area contributed by atoms with Crippen molar-refractivity contribution >= 4 is 49.1 Å². The number of aliphatic hydroxyl groups excluding tert-OH is 1. The summed E-state index contributed by atoms with van der Waals surface area (Å²) in [6, 6.07) is 8.95. The summed E-state index contributed by atoms with van der Waals surface area (Å²) in [6.45, 7) is -0.0849. The predicted octanol–water partition coefficient (Wildman–Crippen LogP) is 4.41. The quantitative estimate of drug-likeness (QED) is 0.791. The number of hydrogen-bond donors (Lipinski definition) is 2. The molecule has 0 saturated carbocycles. The van der Waals surface area contributed by atoms with Crippen LogP contribution < -0.4 is 5.32 Å². The zero-order valence-electron chi connectivity index (χ0n) is 9.78. The molecule has 100 valence electrons. The standard InChI is InChI=1S/C13H11Br2ClN2O/c14-8-5-9(15)13(17-6-8)12(7-19)18-11-4-2-1-3-10(11)16/h1-6,12,18-19H,7H2. The van der Waals surface area contributed by atoms with Gasteiger partial charge in [0, 0.05) is 15.1 Å². The number of nitrogens with zero attached hydrogens (tertiary/aromatic N) is 1. The minimum absolute atomic E-state index is 0.0849. The van der Waals surface area contributed by atoms with E-state index in [0.717, 1.165) is 20.3 Å². The highest BCUT2D eigenvalue weighted by Gasteiger charge is 2.16. The molecule has 2 rings (SSSR count). The van der Waals surface area contributed by atoms with Crippen molar-refractivity contribution in [1.82, 2.24) is 4.98 Å². The number of hydrogen-bond acceptors (Lipinski definition) is 3. The Bertz CT molecular complexity index is 580. The van der Waals surface area contributed by atoms with Crippen LogP contribution in [0.1, 0.15) is 11.7 Å². The Kier molecular flexibility index (Phi) is 5.21. The van der Waals surface area contributed by atoms with Crippen LogP contribution in [0.25, 0.3) is 0 Å². The van der Waals surface area contributed by atoms with Crippen LogP contribution in [0.2, 0.25) is 5.02 Å². The minimum Gasteiger partial charge on any atom is -0.394 e. The van der Waals surface area contributed by atoms with Crippen LogP contribution in [0.4, 0.5) is 5.69 Å². The summed E-state index contributed by atoms with van der Waals surface area (Å²) in [5, 5.41) is 13.3. The average molecular weight is 407 g/mol. The average Bonchev–Trinajstić information content (AvgIpc) is 2.39. The van der Waals surface area contributed by atoms with Crippen LogP contribution in [0.3, 0.4) is 0 Å². The topological polar surface area (TPSA) is 45.1 Å². The van der Waals surface area contributed by atoms with Gasteiger partial charge < -0.3 is 10.4 Å². The monoisotopic (exact) mass is 404 g/mol. The number of halogens is 3. The van der Waals surface area contributed by atoms with Crippen LogP contribution >= 0.6 is 43.5 Å². The van der Waals surface area contributed by atoms with Crippen molar-refractivity contribution in [1.29, 1.82) is 0 Å². The molecule has 0 radical (unpaired) electrons. The predicted molar refractivity (Wildman–Crippen MR) is 84.5 cm³/mol. The Morgan fingerprint density at radius 2 is 2.05 bits per heavy atom. The second-order valence-electron chi connectivity index (χ2n) is 3.88. The van der Waals surface area contributed by atoms with Gasteiger partial charge in [0.1, 0.15) is 0 Å². The van der Waals surface area contributed by atoms with Crippen molar-refractivity contribution in [3.63, 3.8) is 0 Å². The van der Waals surface area contributed by atoms with E-state index in [4.69, 9.17) is 11.6 Å². The molecule has 1 heterocycles. The highest BCUT2D eigenvalue weighted by atomic mass is 79.9. The van der Waals surface area contributed by atoms with Crippen molar-refractivity contribution in [2.75, 3.05) is 11.9 Å². The number of para-hydroxylation sites is 1. The molecule has 0 aliphatic rings. The molecule has 0 bridgehead atoms. The molecule has 3 nitrogen and oxygen atoms in total. The van der Waals surface area contributed by atoms with Gasteiger partial charge in [-0.15, -0.1) is 0 Å². The molecule has 19 heavy (non-hydrogen) atoms. The number of aromatic nitrogens is 1. The lowest BCUT2D eigenvalue weighted by Gasteiger charge is -2.19. The molecule has 0 fully saturated rings. The third-order valence-corrected chi connectivity index (χ3v) is 3.95. The molecule has 1 unspecified atom stereocenters. The maximum absolute atomic E-state index is 9.55. The Labute approximate surface area is 133 Å². The first-order chi connectivity index (χ1) is 9.11. The zero-order chi connectivity index (χ0) is 13.8. The minimum atomic E-state index is -0.331. The van der Waals surface area contributed by atoms with Gasteiger partial charge >= 0.3 is 0 Å². The highest BCUT2D eigenvalue weighted by molar-refractivity contribution is 9.11. The van der Waals surface area contributed by atoms with Gasteiger partial charge in [-0.2, -0.15) is 0 Å². The van der Waals surface area contributed by atoms with Gasteiger partial charge in [0.05, 0.1) is 29.1 Å². The number of rotatable bonds is 4. The lowest BCUT2D eigenvalue weighted by atomic mass is 10.2. The Hall–Kier alpha value is -0.620. The van der Waals surface area contributed by atoms with E-state index in [1.807, 2.05) is 24.3 Å². The molecule has 0 aliphatic heterocycles. The van der Waals surface area contributed by atoms with Gasteiger partial charge in [-0.25, -0.2) is 0 Å². The third-order valence-electron chi connectivity index (χ3n) is 2.55. The number of anilines is 1. The van der Waals surface area contributed by atoms with E-state index in [2.05, 4.69) is 42.2 Å². The molecular weight excluding hydrogens is 395 g/mol. The summed E-state index contributed by atoms with van der Waals surface area (Å²) in [4.78, 5) is 4.32. The molecule has 0 saturated heterocycles. The molecule has 1 atom stereocenters. The summed E-state index contributed by atoms with van der Waals surface area (Å²) >= 11 is 12.9. The van der Waals surface area contributed by atoms with E-state index in [-0.39, 0.29) is 12.6 Å². The Morgan fingerprint density at radius 1 is 1.32 bits per heavy atom. The fourth-order valence-electron chi connectivity index (χ4n) is 1.65. The van der Waals surface area contributed by atoms with Gasteiger partial charge in [0.25, 0.3) is 0 Å². The van der Waals surface area contributed by atoms with E-state index >= 15 is 0 Å². The molecule has 0 amide bonds. The molecule has 0 spiro atoms. The molecule has 0 aliphatic carbocycles. The van der Waals surface area contributed by atoms with Crippen molar-refractivity contribution in [3.8, 4) is 0 Å². The zero-order valence-corrected chi connectivity index (χ0v) is 13.7. The summed E-state index contributed by atoms with van der Waals surface area (Å²) in [6.07, 6.45) is 1.69. The van der Waals surface area contributed by atoms with Gasteiger partial charge in [0.15, 0.2) is 0 Å². The van der Waals surface area contributed by atoms with Crippen LogP contribution in [0.5, 0.6) is 0 Å². The fourth-order valence-corrected chi connectivity index (χ4v) is 3.10. The lowest BCUT2D eigenvalue weighted by molar-refractivity contribution is 0.274. The number of pyridine rings is 1. The van der Waals surface area contributed by atoms with Crippen LogP contribution in [0.15, 0.2) is 45.5 Å². The number of benzene rings is 1. The summed E-state index contributed by atoms with van der Waals surface area (Å²) in [5.41, 5.74) is 1.49. The first-order valence-electron chi connectivity index (χ1n) is 5.54. The van der Waals surface area contributed by atoms with E-state index < -0.39 is 0 Å². The van der Waals surface area contributed by atoms with Crippen molar-refractivity contribution in [3.05, 3.63) is 56.2 Å². The van der Waals surface area contributed by atoms with E-state index in [1.54, 1.807) is 12.3 Å². The molecule has 6 heteroatoms. The molecule has 2 aromatic rings. The van der Waals surface area contributed by atoms with Gasteiger partial charge in [0.2, 0.25) is 0 Å². The van der Waals surface area contributed by atoms with Crippen molar-refractivity contribution in [2.24, 2.45) is 0 Å². The Morgan fingerprint density at radius 3 is 2.68 bits per heavy atom. The Balaban J connectivity index is 2.28. The fraction of sp³-hybridized carbons (Fsp3) is 0.154. The maximum atomic E-state index is 9.55. The molecule has 1 aromatic heterocycles. The largest absolute Gasteiger partial charge is 0.394 e. The van der Waals surface area contributed by atoms with Crippen molar-refractivity contribution in [2.45, 2.75) is 6.04 Å². The van der Waals surface area contributed by atoms with E-state index in [1.165, 1.54) is 0 Å². The van der Waals surface area contributed by atoms with Crippen LogP contribution in [-0.4, -0.2) is 16.7 Å². The summed E-state index contributed by atoms with van der Waals surface area (Å²) in [5.74, 6) is 0. The highest BCUT2D eigenvalue weighted by Crippen LogP contribution is 2.29. The third kappa shape index (κ3) is 3.69. The smallest absolute Gasteiger partial charge is 0.0929 e. The lowest BCUT2D eigenvalue weighted by Crippen LogP contribution is -2.17. The molecular formula is C13H11Br2ClN2O. The molecule has 2 N–H and O–H groups in total. The van der Waals surface area contributed by atoms with Crippen LogP contribution in [0, 0.1) is 0 Å². The van der Waals surface area contributed by atoms with E-state index in [9.17, 15) is 5.11 Å². The second kappa shape index (κ2) is 6.70. The summed E-state index contributed by atoms with van der Waals surface area (Å²) < 4.78 is 1.69. The second-order valence-corrected chi connectivity index (χ2v) is 6.06. The van der Waals surface area contributed by atoms with Gasteiger partial charge in [-0.3, -0.25) is 4.98 Å². The van der Waals surface area contributed by atoms with Crippen molar-refractivity contribution < 1.29 is 5.11 Å². The number of aliphatic hydroxyl groups is 1.